The first-order valence-electron chi connectivity index (χ1n) is 11.6. The van der Waals surface area contributed by atoms with Crippen LogP contribution >= 0.6 is 0 Å². The normalized spacial score (nSPS) is 12.2. The second kappa shape index (κ2) is 10.6. The molecule has 0 saturated carbocycles. The van der Waals surface area contributed by atoms with Crippen LogP contribution in [-0.4, -0.2) is 45.2 Å². The van der Waals surface area contributed by atoms with Crippen LogP contribution < -0.4 is 16.0 Å². The number of carbonyl (C=O) groups excluding carboxylic acids is 3. The molecule has 37 heavy (non-hydrogen) atoms. The fraction of sp³-hybridized carbons (Fsp3) is 0.269. The molecule has 0 unspecified atom stereocenters. The predicted octanol–water partition coefficient (Wildman–Crippen LogP) is 3.11. The van der Waals surface area contributed by atoms with Gasteiger partial charge >= 0.3 is 0 Å². The Hall–Kier alpha value is -4.54. The zero-order valence-electron chi connectivity index (χ0n) is 20.6. The van der Waals surface area contributed by atoms with Crippen LogP contribution in [0.3, 0.4) is 0 Å². The van der Waals surface area contributed by atoms with Gasteiger partial charge in [0, 0.05) is 5.39 Å². The highest BCUT2D eigenvalue weighted by Gasteiger charge is 2.34. The van der Waals surface area contributed by atoms with Gasteiger partial charge in [0.2, 0.25) is 11.8 Å². The van der Waals surface area contributed by atoms with Crippen LogP contribution in [0.5, 0.6) is 0 Å². The first kappa shape index (κ1) is 25.5. The zero-order chi connectivity index (χ0) is 26.6. The third kappa shape index (κ3) is 6.18. The van der Waals surface area contributed by atoms with Crippen LogP contribution in [0, 0.1) is 11.2 Å². The molecule has 0 saturated heterocycles. The van der Waals surface area contributed by atoms with Crippen LogP contribution in [0.4, 0.5) is 10.1 Å². The first-order chi connectivity index (χ1) is 17.6. The quantitative estimate of drug-likeness (QED) is 0.337. The molecule has 4 rings (SSSR count). The first-order valence-corrected chi connectivity index (χ1v) is 11.6. The van der Waals surface area contributed by atoms with Crippen molar-refractivity contribution in [2.24, 2.45) is 5.41 Å². The molecule has 4 aromatic rings. The fourth-order valence-corrected chi connectivity index (χ4v) is 3.79. The van der Waals surface area contributed by atoms with Crippen molar-refractivity contribution < 1.29 is 23.3 Å². The van der Waals surface area contributed by atoms with Gasteiger partial charge in [-0.05, 0) is 29.2 Å². The van der Waals surface area contributed by atoms with Crippen LogP contribution in [-0.2, 0) is 16.1 Å². The van der Waals surface area contributed by atoms with E-state index in [-0.39, 0.29) is 18.1 Å². The Morgan fingerprint density at radius 1 is 1.08 bits per heavy atom. The Morgan fingerprint density at radius 2 is 1.81 bits per heavy atom. The van der Waals surface area contributed by atoms with E-state index in [0.29, 0.717) is 17.6 Å². The van der Waals surface area contributed by atoms with Crippen molar-refractivity contribution in [3.8, 4) is 0 Å². The van der Waals surface area contributed by atoms with Crippen molar-refractivity contribution in [2.45, 2.75) is 33.4 Å². The van der Waals surface area contributed by atoms with Crippen molar-refractivity contribution in [2.75, 3.05) is 11.9 Å². The average molecular weight is 507 g/mol. The van der Waals surface area contributed by atoms with Crippen LogP contribution in [0.15, 0.2) is 65.5 Å². The van der Waals surface area contributed by atoms with Gasteiger partial charge in [-0.25, -0.2) is 4.39 Å². The highest BCUT2D eigenvalue weighted by molar-refractivity contribution is 6.06. The maximum atomic E-state index is 13.4. The molecule has 10 nitrogen and oxygen atoms in total. The van der Waals surface area contributed by atoms with Gasteiger partial charge in [-0.2, -0.15) is 5.10 Å². The van der Waals surface area contributed by atoms with E-state index in [2.05, 4.69) is 30.7 Å². The number of carbonyl (C=O) groups is 3. The molecule has 0 radical (unpaired) electrons. The van der Waals surface area contributed by atoms with Gasteiger partial charge < -0.3 is 20.5 Å². The summed E-state index contributed by atoms with van der Waals surface area (Å²) in [7, 11) is 0. The topological polar surface area (TPSA) is 131 Å². The third-order valence-corrected chi connectivity index (χ3v) is 5.66. The lowest BCUT2D eigenvalue weighted by Gasteiger charge is -2.30. The van der Waals surface area contributed by atoms with E-state index < -0.39 is 29.2 Å². The average Bonchev–Trinajstić information content (AvgIpc) is 3.50. The van der Waals surface area contributed by atoms with Crippen molar-refractivity contribution in [3.05, 3.63) is 78.1 Å². The molecule has 0 bridgehead atoms. The van der Waals surface area contributed by atoms with E-state index >= 15 is 0 Å². The Bertz CT molecular complexity index is 1410. The number of rotatable bonds is 8. The fourth-order valence-electron chi connectivity index (χ4n) is 3.79. The number of nitrogens with zero attached hydrogens (tertiary/aromatic N) is 3. The largest absolute Gasteiger partial charge is 0.363 e. The maximum Gasteiger partial charge on any atom is 0.273 e. The van der Waals surface area contributed by atoms with Gasteiger partial charge in [-0.3, -0.25) is 19.1 Å². The molecule has 192 valence electrons. The molecule has 1 atom stereocenters. The maximum absolute atomic E-state index is 13.4. The lowest BCUT2D eigenvalue weighted by atomic mass is 9.86. The van der Waals surface area contributed by atoms with Crippen LogP contribution in [0.2, 0.25) is 0 Å². The number of hydrogen-bond donors (Lipinski definition) is 3. The number of hydrogen-bond acceptors (Lipinski definition) is 6. The van der Waals surface area contributed by atoms with E-state index in [9.17, 15) is 18.8 Å². The van der Waals surface area contributed by atoms with Gasteiger partial charge in [-0.15, -0.1) is 0 Å². The number of anilines is 1. The van der Waals surface area contributed by atoms with E-state index in [0.717, 1.165) is 11.1 Å². The van der Waals surface area contributed by atoms with Gasteiger partial charge in [0.05, 0.1) is 24.8 Å². The van der Waals surface area contributed by atoms with E-state index in [1.165, 1.54) is 24.6 Å². The van der Waals surface area contributed by atoms with E-state index in [1.54, 1.807) is 49.7 Å². The minimum absolute atomic E-state index is 0.157. The van der Waals surface area contributed by atoms with Crippen molar-refractivity contribution in [1.29, 1.82) is 0 Å². The molecule has 2 aromatic heterocycles. The number of benzene rings is 2. The van der Waals surface area contributed by atoms with Crippen LogP contribution in [0.25, 0.3) is 10.9 Å². The molecular formula is C26H27FN6O4. The summed E-state index contributed by atoms with van der Waals surface area (Å²) in [5.41, 5.74) is 1.39. The molecule has 3 N–H and O–H groups in total. The van der Waals surface area contributed by atoms with Gasteiger partial charge in [0.25, 0.3) is 5.91 Å². The van der Waals surface area contributed by atoms with Gasteiger partial charge in [0.1, 0.15) is 23.8 Å². The number of halogens is 1. The minimum Gasteiger partial charge on any atom is -0.363 e. The van der Waals surface area contributed by atoms with Gasteiger partial charge in [0.15, 0.2) is 5.69 Å². The standard InChI is InChI=1S/C26H27FN6O4/c1-26(2,3)23(25(36)28-13-21(34)30-18-12-29-37-15-18)31-24(35)22-19-6-4-5-7-20(19)33(32-22)14-16-8-10-17(27)11-9-16/h4-12,15,23H,13-14H2,1-3H3,(H,28,36)(H,30,34)(H,31,35)/t23-/m1/s1. The number of aromatic nitrogens is 3. The molecule has 0 aliphatic rings. The number of fused-ring (bicyclic) bond motifs is 1. The second-order valence-corrected chi connectivity index (χ2v) is 9.60. The monoisotopic (exact) mass is 506 g/mol. The molecule has 2 aromatic carbocycles. The summed E-state index contributed by atoms with van der Waals surface area (Å²) >= 11 is 0. The highest BCUT2D eigenvalue weighted by atomic mass is 19.1. The lowest BCUT2D eigenvalue weighted by molar-refractivity contribution is -0.127. The SMILES string of the molecule is CC(C)(C)[C@H](NC(=O)c1nn(Cc2ccc(F)cc2)c2ccccc12)C(=O)NCC(=O)Nc1cnoc1. The highest BCUT2D eigenvalue weighted by Crippen LogP contribution is 2.23. The minimum atomic E-state index is -0.954. The summed E-state index contributed by atoms with van der Waals surface area (Å²) in [6, 6.07) is 12.3. The lowest BCUT2D eigenvalue weighted by Crippen LogP contribution is -2.54. The Morgan fingerprint density at radius 3 is 2.49 bits per heavy atom. The molecule has 0 aliphatic carbocycles. The molecule has 0 spiro atoms. The summed E-state index contributed by atoms with van der Waals surface area (Å²) < 4.78 is 19.6. The molecule has 0 fully saturated rings. The molecular weight excluding hydrogens is 479 g/mol. The summed E-state index contributed by atoms with van der Waals surface area (Å²) in [6.45, 7) is 5.44. The Balaban J connectivity index is 1.51. The predicted molar refractivity (Wildman–Crippen MR) is 134 cm³/mol. The number of amides is 3. The number of para-hydroxylation sites is 1. The van der Waals surface area contributed by atoms with E-state index in [1.807, 2.05) is 12.1 Å². The zero-order valence-corrected chi connectivity index (χ0v) is 20.6. The summed E-state index contributed by atoms with van der Waals surface area (Å²) in [5.74, 6) is -1.85. The van der Waals surface area contributed by atoms with Gasteiger partial charge in [-0.1, -0.05) is 56.3 Å². The summed E-state index contributed by atoms with van der Waals surface area (Å²) in [6.07, 6.45) is 2.59. The molecule has 11 heteroatoms. The third-order valence-electron chi connectivity index (χ3n) is 5.66. The van der Waals surface area contributed by atoms with Crippen LogP contribution in [0.1, 0.15) is 36.8 Å². The summed E-state index contributed by atoms with van der Waals surface area (Å²) in [4.78, 5) is 38.5. The molecule has 3 amide bonds. The van der Waals surface area contributed by atoms with Crippen molar-refractivity contribution in [1.82, 2.24) is 25.6 Å². The summed E-state index contributed by atoms with van der Waals surface area (Å²) in [5, 5.41) is 16.5. The van der Waals surface area contributed by atoms with Crippen molar-refractivity contribution in [3.63, 3.8) is 0 Å². The smallest absolute Gasteiger partial charge is 0.273 e. The second-order valence-electron chi connectivity index (χ2n) is 9.60. The van der Waals surface area contributed by atoms with Crippen molar-refractivity contribution >= 4 is 34.3 Å². The van der Waals surface area contributed by atoms with E-state index in [4.69, 9.17) is 0 Å². The number of nitrogens with one attached hydrogen (secondary N) is 3. The Labute approximate surface area is 212 Å². The molecule has 0 aliphatic heterocycles. The molecule has 2 heterocycles. The Kier molecular flexibility index (Phi) is 7.32.